The predicted octanol–water partition coefficient (Wildman–Crippen LogP) is 4.78. The van der Waals surface area contributed by atoms with Gasteiger partial charge in [-0.3, -0.25) is 4.99 Å². The summed E-state index contributed by atoms with van der Waals surface area (Å²) in [6, 6.07) is 0. The average molecular weight is 237 g/mol. The molecule has 90 valence electrons. The highest BCUT2D eigenvalue weighted by Crippen LogP contribution is 2.42. The van der Waals surface area contributed by atoms with Crippen molar-refractivity contribution >= 4 is 18.0 Å². The lowest BCUT2D eigenvalue weighted by Crippen LogP contribution is -2.31. The molecule has 1 aliphatic heterocycles. The second-order valence-electron chi connectivity index (χ2n) is 5.42. The first-order valence-electron chi connectivity index (χ1n) is 6.65. The van der Waals surface area contributed by atoms with Crippen molar-refractivity contribution < 1.29 is 0 Å². The molecule has 2 aliphatic rings. The van der Waals surface area contributed by atoms with Crippen molar-refractivity contribution in [1.82, 2.24) is 0 Å². The molecule has 0 spiro atoms. The molecular formula is C14H23NS. The molecule has 1 aliphatic carbocycles. The van der Waals surface area contributed by atoms with Crippen LogP contribution in [0.4, 0.5) is 0 Å². The van der Waals surface area contributed by atoms with E-state index in [0.717, 1.165) is 0 Å². The largest absolute Gasteiger partial charge is 0.267 e. The number of aliphatic imine (C=N–C) groups is 1. The predicted molar refractivity (Wildman–Crippen MR) is 74.1 cm³/mol. The molecule has 1 heterocycles. The molecule has 1 nitrogen and oxygen atoms in total. The fraction of sp³-hybridized carbons (Fsp3) is 0.786. The molecule has 0 radical (unpaired) electrons. The monoisotopic (exact) mass is 237 g/mol. The highest BCUT2D eigenvalue weighted by Gasteiger charge is 2.33. The topological polar surface area (TPSA) is 12.4 Å². The third-order valence-corrected chi connectivity index (χ3v) is 5.29. The van der Waals surface area contributed by atoms with Crippen LogP contribution >= 0.6 is 11.8 Å². The molecule has 2 heteroatoms. The van der Waals surface area contributed by atoms with Crippen molar-refractivity contribution in [2.24, 2.45) is 10.4 Å². The molecule has 1 unspecified atom stereocenters. The van der Waals surface area contributed by atoms with Gasteiger partial charge in [0.05, 0.1) is 0 Å². The number of hydrogen-bond acceptors (Lipinski definition) is 2. The van der Waals surface area contributed by atoms with Crippen LogP contribution in [-0.4, -0.2) is 11.5 Å². The highest BCUT2D eigenvalue weighted by atomic mass is 32.2. The molecule has 0 aromatic rings. The van der Waals surface area contributed by atoms with E-state index in [1.165, 1.54) is 51.4 Å². The van der Waals surface area contributed by atoms with Gasteiger partial charge in [-0.2, -0.15) is 0 Å². The molecule has 2 rings (SSSR count). The van der Waals surface area contributed by atoms with Gasteiger partial charge in [0.15, 0.2) is 0 Å². The second kappa shape index (κ2) is 5.90. The van der Waals surface area contributed by atoms with Gasteiger partial charge < -0.3 is 0 Å². The van der Waals surface area contributed by atoms with Gasteiger partial charge >= 0.3 is 0 Å². The molecule has 0 amide bonds. The van der Waals surface area contributed by atoms with Gasteiger partial charge in [0.2, 0.25) is 0 Å². The van der Waals surface area contributed by atoms with E-state index >= 15 is 0 Å². The highest BCUT2D eigenvalue weighted by molar-refractivity contribution is 8.03. The number of rotatable bonds is 1. The normalized spacial score (nSPS) is 30.4. The Morgan fingerprint density at radius 3 is 2.25 bits per heavy atom. The Kier molecular flexibility index (Phi) is 4.51. The Balaban J connectivity index is 2.00. The Bertz CT molecular complexity index is 260. The summed E-state index contributed by atoms with van der Waals surface area (Å²) in [7, 11) is 0. The van der Waals surface area contributed by atoms with Crippen LogP contribution in [0, 0.1) is 5.41 Å². The molecule has 0 saturated heterocycles. The van der Waals surface area contributed by atoms with Crippen molar-refractivity contribution in [2.75, 3.05) is 0 Å². The maximum Gasteiger partial charge on any atom is 0.0496 e. The van der Waals surface area contributed by atoms with Gasteiger partial charge in [-0.15, -0.1) is 11.8 Å². The quantitative estimate of drug-likeness (QED) is 0.639. The maximum atomic E-state index is 4.33. The zero-order valence-corrected chi connectivity index (χ0v) is 11.1. The van der Waals surface area contributed by atoms with E-state index in [0.29, 0.717) is 10.7 Å². The average Bonchev–Trinajstić information content (AvgIpc) is 2.43. The van der Waals surface area contributed by atoms with Gasteiger partial charge in [0.25, 0.3) is 0 Å². The fourth-order valence-corrected chi connectivity index (χ4v) is 3.85. The minimum absolute atomic E-state index is 0.475. The van der Waals surface area contributed by atoms with Crippen LogP contribution in [0.25, 0.3) is 0 Å². The molecule has 0 aromatic carbocycles. The van der Waals surface area contributed by atoms with Crippen molar-refractivity contribution in [3.05, 3.63) is 11.6 Å². The molecule has 1 atom stereocenters. The standard InChI is InChI=1S/C14H23NS/c1-14(13-12-15-10-11-16-13)8-6-4-2-3-5-7-9-14/h10-13H,2-9H2,1H3. The van der Waals surface area contributed by atoms with Gasteiger partial charge in [-0.25, -0.2) is 0 Å². The molecule has 0 bridgehead atoms. The summed E-state index contributed by atoms with van der Waals surface area (Å²) in [5.74, 6) is 0. The van der Waals surface area contributed by atoms with Crippen LogP contribution < -0.4 is 0 Å². The van der Waals surface area contributed by atoms with Gasteiger partial charge in [-0.05, 0) is 23.7 Å². The fourth-order valence-electron chi connectivity index (χ4n) is 2.84. The number of thioether (sulfide) groups is 1. The lowest BCUT2D eigenvalue weighted by Gasteiger charge is -2.35. The zero-order chi connectivity index (χ0) is 11.3. The van der Waals surface area contributed by atoms with E-state index in [1.807, 2.05) is 18.0 Å². The minimum atomic E-state index is 0.475. The van der Waals surface area contributed by atoms with E-state index in [4.69, 9.17) is 0 Å². The third kappa shape index (κ3) is 3.13. The SMILES string of the molecule is CC1(C2C=NC=CS2)CCCCCCCC1. The van der Waals surface area contributed by atoms with Gasteiger partial charge in [-0.1, -0.05) is 45.4 Å². The summed E-state index contributed by atoms with van der Waals surface area (Å²) in [6.45, 7) is 2.47. The lowest BCUT2D eigenvalue weighted by atomic mass is 9.77. The van der Waals surface area contributed by atoms with Crippen molar-refractivity contribution in [2.45, 2.75) is 63.5 Å². The summed E-state index contributed by atoms with van der Waals surface area (Å²) in [5, 5.41) is 2.76. The second-order valence-corrected chi connectivity index (χ2v) is 6.47. The van der Waals surface area contributed by atoms with E-state index in [1.54, 1.807) is 0 Å². The lowest BCUT2D eigenvalue weighted by molar-refractivity contribution is 0.281. The summed E-state index contributed by atoms with van der Waals surface area (Å²) in [4.78, 5) is 4.33. The van der Waals surface area contributed by atoms with Crippen LogP contribution in [0.5, 0.6) is 0 Å². The number of hydrogen-bond donors (Lipinski definition) is 0. The Hall–Kier alpha value is -0.240. The van der Waals surface area contributed by atoms with Crippen molar-refractivity contribution in [3.63, 3.8) is 0 Å². The minimum Gasteiger partial charge on any atom is -0.267 e. The first-order chi connectivity index (χ1) is 7.81. The van der Waals surface area contributed by atoms with E-state index in [9.17, 15) is 0 Å². The first-order valence-corrected chi connectivity index (χ1v) is 7.59. The van der Waals surface area contributed by atoms with Crippen molar-refractivity contribution in [1.29, 1.82) is 0 Å². The van der Waals surface area contributed by atoms with E-state index in [-0.39, 0.29) is 0 Å². The van der Waals surface area contributed by atoms with E-state index < -0.39 is 0 Å². The molecule has 1 fully saturated rings. The van der Waals surface area contributed by atoms with Gasteiger partial charge in [0.1, 0.15) is 0 Å². The number of nitrogens with zero attached hydrogens (tertiary/aromatic N) is 1. The first kappa shape index (κ1) is 12.2. The molecule has 0 N–H and O–H groups in total. The van der Waals surface area contributed by atoms with Crippen LogP contribution in [0.15, 0.2) is 16.6 Å². The van der Waals surface area contributed by atoms with Crippen LogP contribution in [0.2, 0.25) is 0 Å². The Labute approximate surface area is 104 Å². The van der Waals surface area contributed by atoms with Gasteiger partial charge in [0, 0.05) is 17.7 Å². The maximum absolute atomic E-state index is 4.33. The zero-order valence-electron chi connectivity index (χ0n) is 10.3. The Morgan fingerprint density at radius 1 is 1.06 bits per heavy atom. The summed E-state index contributed by atoms with van der Waals surface area (Å²) in [6.07, 6.45) is 15.4. The van der Waals surface area contributed by atoms with Crippen LogP contribution in [0.1, 0.15) is 58.3 Å². The Morgan fingerprint density at radius 2 is 1.69 bits per heavy atom. The third-order valence-electron chi connectivity index (χ3n) is 4.03. The summed E-state index contributed by atoms with van der Waals surface area (Å²) < 4.78 is 0. The van der Waals surface area contributed by atoms with Crippen molar-refractivity contribution in [3.8, 4) is 0 Å². The van der Waals surface area contributed by atoms with E-state index in [2.05, 4.69) is 23.5 Å². The van der Waals surface area contributed by atoms with Crippen LogP contribution in [-0.2, 0) is 0 Å². The molecule has 16 heavy (non-hydrogen) atoms. The smallest absolute Gasteiger partial charge is 0.0496 e. The summed E-state index contributed by atoms with van der Waals surface area (Å²) >= 11 is 1.96. The molecule has 0 aromatic heterocycles. The molecular weight excluding hydrogens is 214 g/mol. The summed E-state index contributed by atoms with van der Waals surface area (Å²) in [5.41, 5.74) is 0.475. The molecule has 1 saturated carbocycles. The van der Waals surface area contributed by atoms with Crippen LogP contribution in [0.3, 0.4) is 0 Å².